The van der Waals surface area contributed by atoms with E-state index in [-0.39, 0.29) is 5.69 Å². The lowest BCUT2D eigenvalue weighted by molar-refractivity contribution is -0.384. The van der Waals surface area contributed by atoms with Crippen molar-refractivity contribution in [3.63, 3.8) is 0 Å². The number of nitrogens with one attached hydrogen (secondary N) is 1. The quantitative estimate of drug-likeness (QED) is 0.316. The van der Waals surface area contributed by atoms with Crippen LogP contribution < -0.4 is 15.8 Å². The molecule has 0 saturated carbocycles. The van der Waals surface area contributed by atoms with Crippen molar-refractivity contribution in [2.75, 3.05) is 12.4 Å². The Bertz CT molecular complexity index is 1220. The summed E-state index contributed by atoms with van der Waals surface area (Å²) in [5.41, 5.74) is 8.36. The van der Waals surface area contributed by atoms with Crippen LogP contribution in [-0.4, -0.2) is 32.7 Å². The lowest BCUT2D eigenvalue weighted by Gasteiger charge is -2.28. The maximum absolute atomic E-state index is 12.3. The number of aromatic nitrogens is 3. The third kappa shape index (κ3) is 4.02. The molecule has 32 heavy (non-hydrogen) atoms. The number of ether oxygens (including phenoxy) is 1. The molecule has 1 unspecified atom stereocenters. The van der Waals surface area contributed by atoms with E-state index in [0.717, 1.165) is 11.1 Å². The molecular formula is C21H20N6O4S. The van der Waals surface area contributed by atoms with Crippen LogP contribution in [0.5, 0.6) is 5.75 Å². The number of nitrogens with two attached hydrogens (primary N) is 1. The Morgan fingerprint density at radius 3 is 2.66 bits per heavy atom. The minimum Gasteiger partial charge on any atom is -0.496 e. The predicted molar refractivity (Wildman–Crippen MR) is 119 cm³/mol. The number of anilines is 1. The van der Waals surface area contributed by atoms with E-state index in [1.54, 1.807) is 30.8 Å². The van der Waals surface area contributed by atoms with Crippen LogP contribution in [0.4, 0.5) is 11.6 Å². The minimum absolute atomic E-state index is 0.0405. The average Bonchev–Trinajstić information content (AvgIpc) is 3.19. The first kappa shape index (κ1) is 21.4. The minimum atomic E-state index is -0.596. The van der Waals surface area contributed by atoms with Crippen LogP contribution in [-0.2, 0) is 10.5 Å². The molecule has 10 nitrogen and oxygen atoms in total. The molecule has 3 aromatic rings. The summed E-state index contributed by atoms with van der Waals surface area (Å²) in [6.07, 6.45) is 0. The number of para-hydroxylation sites is 1. The fraction of sp³-hybridized carbons (Fsp3) is 0.190. The summed E-state index contributed by atoms with van der Waals surface area (Å²) in [6, 6.07) is 13.1. The van der Waals surface area contributed by atoms with Gasteiger partial charge in [-0.2, -0.15) is 4.98 Å². The van der Waals surface area contributed by atoms with E-state index >= 15 is 0 Å². The number of hydrogen-bond acceptors (Lipinski definition) is 8. The van der Waals surface area contributed by atoms with Gasteiger partial charge < -0.3 is 15.8 Å². The molecule has 164 valence electrons. The summed E-state index contributed by atoms with van der Waals surface area (Å²) in [7, 11) is 1.56. The number of fused-ring (bicyclic) bond motifs is 1. The number of nitrogens with zero attached hydrogens (tertiary/aromatic N) is 4. The monoisotopic (exact) mass is 452 g/mol. The van der Waals surface area contributed by atoms with Gasteiger partial charge in [-0.25, -0.2) is 4.68 Å². The first-order chi connectivity index (χ1) is 15.4. The van der Waals surface area contributed by atoms with Gasteiger partial charge in [0.15, 0.2) is 0 Å². The molecule has 2 heterocycles. The summed E-state index contributed by atoms with van der Waals surface area (Å²) in [5, 5.41) is 19.0. The Morgan fingerprint density at radius 2 is 2.00 bits per heavy atom. The van der Waals surface area contributed by atoms with Crippen molar-refractivity contribution in [2.45, 2.75) is 23.9 Å². The van der Waals surface area contributed by atoms with Gasteiger partial charge in [0.05, 0.1) is 17.6 Å². The number of methoxy groups -OCH3 is 1. The summed E-state index contributed by atoms with van der Waals surface area (Å²) in [5.74, 6) is 1.05. The summed E-state index contributed by atoms with van der Waals surface area (Å²) >= 11 is 1.38. The SMILES string of the molecule is COc1ccccc1C1C(C(N)=O)=C(C)Nc2nc(SCc3ccc([N+](=O)[O-])cc3)nn21. The third-order valence-corrected chi connectivity index (χ3v) is 5.96. The van der Waals surface area contributed by atoms with Crippen molar-refractivity contribution in [1.82, 2.24) is 14.8 Å². The van der Waals surface area contributed by atoms with Crippen molar-refractivity contribution in [1.29, 1.82) is 0 Å². The number of thioether (sulfide) groups is 1. The maximum Gasteiger partial charge on any atom is 0.269 e. The highest BCUT2D eigenvalue weighted by atomic mass is 32.2. The molecule has 0 spiro atoms. The van der Waals surface area contributed by atoms with Crippen molar-refractivity contribution in [3.05, 3.63) is 81.0 Å². The molecule has 4 rings (SSSR count). The highest BCUT2D eigenvalue weighted by Crippen LogP contribution is 2.39. The number of hydrogen-bond donors (Lipinski definition) is 2. The van der Waals surface area contributed by atoms with Gasteiger partial charge in [-0.1, -0.05) is 42.1 Å². The molecule has 1 atom stereocenters. The number of rotatable bonds is 7. The predicted octanol–water partition coefficient (Wildman–Crippen LogP) is 3.26. The molecule has 0 fully saturated rings. The van der Waals surface area contributed by atoms with Gasteiger partial charge in [0.2, 0.25) is 17.0 Å². The van der Waals surface area contributed by atoms with Gasteiger partial charge in [-0.15, -0.1) is 5.10 Å². The number of amides is 1. The van der Waals surface area contributed by atoms with Gasteiger partial charge in [-0.05, 0) is 18.6 Å². The Hall–Kier alpha value is -3.86. The molecule has 2 aromatic carbocycles. The van der Waals surface area contributed by atoms with E-state index in [1.807, 2.05) is 24.3 Å². The lowest BCUT2D eigenvalue weighted by atomic mass is 9.94. The molecular weight excluding hydrogens is 432 g/mol. The molecule has 1 aromatic heterocycles. The summed E-state index contributed by atoms with van der Waals surface area (Å²) in [6.45, 7) is 1.77. The Kier molecular flexibility index (Phi) is 5.82. The molecule has 0 saturated heterocycles. The van der Waals surface area contributed by atoms with Crippen LogP contribution in [0.25, 0.3) is 0 Å². The molecule has 0 bridgehead atoms. The number of non-ortho nitro benzene ring substituents is 1. The molecule has 0 radical (unpaired) electrons. The number of allylic oxidation sites excluding steroid dienone is 1. The van der Waals surface area contributed by atoms with E-state index in [9.17, 15) is 14.9 Å². The van der Waals surface area contributed by atoms with E-state index in [1.165, 1.54) is 23.9 Å². The standard InChI is InChI=1S/C21H20N6O4S/c1-12-17(19(22)28)18(15-5-3-4-6-16(15)31-2)26-20(23-12)24-21(25-26)32-11-13-7-9-14(10-8-13)27(29)30/h3-10,18H,11H2,1-2H3,(H2,22,28)(H,23,24,25). The van der Waals surface area contributed by atoms with Gasteiger partial charge in [-0.3, -0.25) is 14.9 Å². The van der Waals surface area contributed by atoms with Gasteiger partial charge in [0.1, 0.15) is 11.8 Å². The van der Waals surface area contributed by atoms with Gasteiger partial charge in [0, 0.05) is 29.1 Å². The second-order valence-electron chi connectivity index (χ2n) is 7.05. The molecule has 1 amide bonds. The maximum atomic E-state index is 12.3. The van der Waals surface area contributed by atoms with Gasteiger partial charge >= 0.3 is 0 Å². The molecule has 1 aliphatic rings. The van der Waals surface area contributed by atoms with Crippen LogP contribution in [0.1, 0.15) is 24.1 Å². The third-order valence-electron chi connectivity index (χ3n) is 5.05. The Morgan fingerprint density at radius 1 is 1.28 bits per heavy atom. The average molecular weight is 452 g/mol. The smallest absolute Gasteiger partial charge is 0.269 e. The molecule has 1 aliphatic heterocycles. The number of primary amides is 1. The fourth-order valence-electron chi connectivity index (χ4n) is 3.55. The lowest BCUT2D eigenvalue weighted by Crippen LogP contribution is -2.32. The zero-order valence-electron chi connectivity index (χ0n) is 17.3. The number of nitro groups is 1. The van der Waals surface area contributed by atoms with E-state index in [4.69, 9.17) is 10.5 Å². The molecule has 3 N–H and O–H groups in total. The normalized spacial score (nSPS) is 15.1. The van der Waals surface area contributed by atoms with Crippen molar-refractivity contribution >= 4 is 29.3 Å². The second kappa shape index (κ2) is 8.71. The van der Waals surface area contributed by atoms with Crippen molar-refractivity contribution < 1.29 is 14.5 Å². The number of carbonyl (C=O) groups excluding carboxylic acids is 1. The largest absolute Gasteiger partial charge is 0.496 e. The Labute approximate surface area is 187 Å². The Balaban J connectivity index is 1.66. The molecule has 0 aliphatic carbocycles. The zero-order chi connectivity index (χ0) is 22.8. The van der Waals surface area contributed by atoms with Crippen molar-refractivity contribution in [3.8, 4) is 5.75 Å². The van der Waals surface area contributed by atoms with E-state index < -0.39 is 16.9 Å². The summed E-state index contributed by atoms with van der Waals surface area (Å²) in [4.78, 5) is 27.3. The van der Waals surface area contributed by atoms with E-state index in [0.29, 0.717) is 33.9 Å². The fourth-order valence-corrected chi connectivity index (χ4v) is 4.34. The van der Waals surface area contributed by atoms with Crippen LogP contribution in [0.3, 0.4) is 0 Å². The number of benzene rings is 2. The topological polar surface area (TPSA) is 138 Å². The van der Waals surface area contributed by atoms with Crippen molar-refractivity contribution in [2.24, 2.45) is 5.73 Å². The molecule has 11 heteroatoms. The summed E-state index contributed by atoms with van der Waals surface area (Å²) < 4.78 is 7.13. The van der Waals surface area contributed by atoms with Crippen LogP contribution >= 0.6 is 11.8 Å². The second-order valence-corrected chi connectivity index (χ2v) is 7.99. The van der Waals surface area contributed by atoms with Crippen LogP contribution in [0.2, 0.25) is 0 Å². The first-order valence-corrected chi connectivity index (χ1v) is 10.6. The highest BCUT2D eigenvalue weighted by molar-refractivity contribution is 7.98. The highest BCUT2D eigenvalue weighted by Gasteiger charge is 2.34. The van der Waals surface area contributed by atoms with Gasteiger partial charge in [0.25, 0.3) is 5.69 Å². The first-order valence-electron chi connectivity index (χ1n) is 9.62. The number of carbonyl (C=O) groups is 1. The van der Waals surface area contributed by atoms with E-state index in [2.05, 4.69) is 15.4 Å². The zero-order valence-corrected chi connectivity index (χ0v) is 18.1. The van der Waals surface area contributed by atoms with Crippen LogP contribution in [0.15, 0.2) is 65.0 Å². The number of nitro benzene ring substituents is 1. The van der Waals surface area contributed by atoms with Crippen LogP contribution in [0, 0.1) is 10.1 Å².